The van der Waals surface area contributed by atoms with Crippen LogP contribution in [-0.4, -0.2) is 67.3 Å². The van der Waals surface area contributed by atoms with Crippen molar-refractivity contribution in [3.05, 3.63) is 39.7 Å². The first kappa shape index (κ1) is 26.6. The van der Waals surface area contributed by atoms with Gasteiger partial charge in [0.15, 0.2) is 0 Å². The van der Waals surface area contributed by atoms with Crippen LogP contribution in [0.1, 0.15) is 29.5 Å². The number of aromatic nitrogens is 2. The standard InChI is InChI=1S/C29H29ClFN7O2S/c1-37(2)7-8-40-29-35-25-23(28(36-29)38-14-3-4-15(38)11-34-10-14)19-13-39-12-18(19)21(24(25)30)16-5-6-20(31)26-22(16)17(9-32)27(33)41-26/h5-6,14-15,34H,3-4,7-8,10-13,33H2,1-2H3. The third-order valence-electron chi connectivity index (χ3n) is 8.35. The Bertz CT molecular complexity index is 1740. The minimum Gasteiger partial charge on any atom is -0.462 e. The van der Waals surface area contributed by atoms with E-state index < -0.39 is 5.82 Å². The van der Waals surface area contributed by atoms with E-state index in [2.05, 4.69) is 16.3 Å². The molecule has 9 nitrogen and oxygen atoms in total. The molecule has 3 aliphatic rings. The summed E-state index contributed by atoms with van der Waals surface area (Å²) in [4.78, 5) is 14.3. The van der Waals surface area contributed by atoms with Crippen molar-refractivity contribution in [3.63, 3.8) is 0 Å². The molecule has 212 valence electrons. The van der Waals surface area contributed by atoms with Crippen LogP contribution in [-0.2, 0) is 18.0 Å². The highest BCUT2D eigenvalue weighted by molar-refractivity contribution is 7.23. The molecule has 0 aliphatic carbocycles. The zero-order valence-corrected chi connectivity index (χ0v) is 24.3. The van der Waals surface area contributed by atoms with E-state index in [0.717, 1.165) is 59.6 Å². The second-order valence-electron chi connectivity index (χ2n) is 11.0. The van der Waals surface area contributed by atoms with E-state index in [-0.39, 0.29) is 16.6 Å². The van der Waals surface area contributed by atoms with Gasteiger partial charge in [-0.15, -0.1) is 11.3 Å². The van der Waals surface area contributed by atoms with Crippen LogP contribution in [0, 0.1) is 17.1 Å². The number of thiophene rings is 1. The first-order valence-corrected chi connectivity index (χ1v) is 14.9. The number of anilines is 2. The molecule has 2 fully saturated rings. The molecule has 2 saturated heterocycles. The number of nitrogen functional groups attached to an aromatic ring is 1. The van der Waals surface area contributed by atoms with Gasteiger partial charge in [0, 0.05) is 42.7 Å². The van der Waals surface area contributed by atoms with Crippen molar-refractivity contribution in [2.75, 3.05) is 51.0 Å². The van der Waals surface area contributed by atoms with Crippen LogP contribution in [0.3, 0.4) is 0 Å². The van der Waals surface area contributed by atoms with Crippen LogP contribution in [0.15, 0.2) is 12.1 Å². The fourth-order valence-electron chi connectivity index (χ4n) is 6.48. The molecule has 7 rings (SSSR count). The van der Waals surface area contributed by atoms with E-state index in [4.69, 9.17) is 36.8 Å². The molecule has 2 unspecified atom stereocenters. The molecule has 3 N–H and O–H groups in total. The lowest BCUT2D eigenvalue weighted by Crippen LogP contribution is -2.52. The lowest BCUT2D eigenvalue weighted by Gasteiger charge is -2.37. The third-order valence-corrected chi connectivity index (χ3v) is 9.75. The van der Waals surface area contributed by atoms with E-state index in [0.29, 0.717) is 70.2 Å². The number of ether oxygens (including phenoxy) is 2. The molecule has 12 heteroatoms. The number of halogens is 2. The van der Waals surface area contributed by atoms with Crippen molar-refractivity contribution < 1.29 is 13.9 Å². The van der Waals surface area contributed by atoms with Crippen molar-refractivity contribution in [1.82, 2.24) is 20.2 Å². The summed E-state index contributed by atoms with van der Waals surface area (Å²) in [7, 11) is 3.97. The van der Waals surface area contributed by atoms with Gasteiger partial charge in [-0.05, 0) is 49.7 Å². The van der Waals surface area contributed by atoms with Gasteiger partial charge in [0.1, 0.15) is 29.3 Å². The van der Waals surface area contributed by atoms with E-state index in [1.165, 1.54) is 6.07 Å². The monoisotopic (exact) mass is 593 g/mol. The number of nitrogens with zero attached hydrogens (tertiary/aromatic N) is 5. The lowest BCUT2D eigenvalue weighted by molar-refractivity contribution is 0.135. The van der Waals surface area contributed by atoms with Gasteiger partial charge in [-0.3, -0.25) is 0 Å². The van der Waals surface area contributed by atoms with Crippen LogP contribution in [0.4, 0.5) is 15.2 Å². The predicted molar refractivity (Wildman–Crippen MR) is 159 cm³/mol. The van der Waals surface area contributed by atoms with Gasteiger partial charge >= 0.3 is 6.01 Å². The fraction of sp³-hybridized carbons (Fsp3) is 0.414. The smallest absolute Gasteiger partial charge is 0.319 e. The molecule has 2 aromatic carbocycles. The lowest BCUT2D eigenvalue weighted by atomic mass is 9.90. The molecular weight excluding hydrogens is 565 g/mol. The summed E-state index contributed by atoms with van der Waals surface area (Å²) in [6.45, 7) is 3.59. The summed E-state index contributed by atoms with van der Waals surface area (Å²) in [6, 6.07) is 6.12. The van der Waals surface area contributed by atoms with Crippen LogP contribution >= 0.6 is 22.9 Å². The molecule has 2 aromatic heterocycles. The van der Waals surface area contributed by atoms with Crippen molar-refractivity contribution in [2.24, 2.45) is 0 Å². The summed E-state index contributed by atoms with van der Waals surface area (Å²) >= 11 is 8.38. The van der Waals surface area contributed by atoms with E-state index in [9.17, 15) is 9.65 Å². The van der Waals surface area contributed by atoms with E-state index in [1.54, 1.807) is 6.07 Å². The number of likely N-dealkylation sites (N-methyl/N-ethyl adjacent to an activating group) is 1. The summed E-state index contributed by atoms with van der Waals surface area (Å²) < 4.78 is 27.4. The Balaban J connectivity index is 1.52. The van der Waals surface area contributed by atoms with Crippen molar-refractivity contribution in [3.8, 4) is 23.2 Å². The molecule has 0 amide bonds. The highest BCUT2D eigenvalue weighted by Crippen LogP contribution is 2.50. The molecule has 4 aromatic rings. The highest BCUT2D eigenvalue weighted by atomic mass is 35.5. The van der Waals surface area contributed by atoms with Gasteiger partial charge < -0.3 is 30.3 Å². The molecular formula is C29H29ClFN7O2S. The van der Waals surface area contributed by atoms with E-state index in [1.807, 2.05) is 19.0 Å². The number of hydrogen-bond donors (Lipinski definition) is 2. The average Bonchev–Trinajstić information content (AvgIpc) is 3.63. The van der Waals surface area contributed by atoms with Gasteiger partial charge in [-0.25, -0.2) is 4.39 Å². The van der Waals surface area contributed by atoms with Gasteiger partial charge in [0.25, 0.3) is 0 Å². The van der Waals surface area contributed by atoms with Crippen LogP contribution in [0.25, 0.3) is 32.1 Å². The molecule has 2 atom stereocenters. The first-order chi connectivity index (χ1) is 19.9. The zero-order valence-electron chi connectivity index (χ0n) is 22.8. The maximum Gasteiger partial charge on any atom is 0.319 e. The minimum atomic E-state index is -0.429. The van der Waals surface area contributed by atoms with Crippen molar-refractivity contribution >= 4 is 54.7 Å². The van der Waals surface area contributed by atoms with Gasteiger partial charge in [0.2, 0.25) is 0 Å². The fourth-order valence-corrected chi connectivity index (χ4v) is 7.78. The molecule has 3 aliphatic heterocycles. The second-order valence-corrected chi connectivity index (χ2v) is 12.5. The number of piperazine rings is 1. The zero-order chi connectivity index (χ0) is 28.4. The number of fused-ring (bicyclic) bond motifs is 6. The Morgan fingerprint density at radius 2 is 1.98 bits per heavy atom. The summed E-state index contributed by atoms with van der Waals surface area (Å²) in [5.41, 5.74) is 10.2. The van der Waals surface area contributed by atoms with Crippen LogP contribution in [0.2, 0.25) is 5.02 Å². The maximum atomic E-state index is 14.9. The largest absolute Gasteiger partial charge is 0.462 e. The van der Waals surface area contributed by atoms with Gasteiger partial charge in [-0.1, -0.05) is 17.7 Å². The van der Waals surface area contributed by atoms with Gasteiger partial charge in [0.05, 0.1) is 39.4 Å². The Morgan fingerprint density at radius 1 is 1.22 bits per heavy atom. The summed E-state index contributed by atoms with van der Waals surface area (Å²) in [6.07, 6.45) is 2.16. The molecule has 41 heavy (non-hydrogen) atoms. The van der Waals surface area contributed by atoms with Gasteiger partial charge in [-0.2, -0.15) is 15.2 Å². The number of nitrogens with one attached hydrogen (secondary N) is 1. The SMILES string of the molecule is CN(C)CCOc1nc(N2C3CCC2CNC3)c2c3c(c(-c4ccc(F)c5sc(N)c(C#N)c45)c(Cl)c2n1)COC3. The normalized spacial score (nSPS) is 19.9. The maximum absolute atomic E-state index is 14.9. The minimum absolute atomic E-state index is 0.247. The van der Waals surface area contributed by atoms with E-state index >= 15 is 0 Å². The molecule has 0 spiro atoms. The third kappa shape index (κ3) is 4.20. The number of benzene rings is 2. The Kier molecular flexibility index (Phi) is 6.64. The molecule has 5 heterocycles. The number of nitrogens with two attached hydrogens (primary N) is 1. The second kappa shape index (κ2) is 10.2. The quantitative estimate of drug-likeness (QED) is 0.329. The summed E-state index contributed by atoms with van der Waals surface area (Å²) in [5, 5.41) is 15.5. The van der Waals surface area contributed by atoms with Crippen molar-refractivity contribution in [2.45, 2.75) is 38.1 Å². The number of nitriles is 1. The van der Waals surface area contributed by atoms with Crippen molar-refractivity contribution in [1.29, 1.82) is 5.26 Å². The Morgan fingerprint density at radius 3 is 2.71 bits per heavy atom. The molecule has 2 bridgehead atoms. The Labute approximate surface area is 245 Å². The topological polar surface area (TPSA) is 113 Å². The van der Waals surface area contributed by atoms with Crippen LogP contribution in [0.5, 0.6) is 6.01 Å². The van der Waals surface area contributed by atoms with Crippen LogP contribution < -0.4 is 20.7 Å². The molecule has 0 saturated carbocycles. The highest BCUT2D eigenvalue weighted by Gasteiger charge is 2.40. The average molecular weight is 594 g/mol. The first-order valence-electron chi connectivity index (χ1n) is 13.7. The number of rotatable bonds is 6. The predicted octanol–water partition coefficient (Wildman–Crippen LogP) is 4.67. The molecule has 0 radical (unpaired) electrons. The number of hydrogen-bond acceptors (Lipinski definition) is 10. The Hall–Kier alpha value is -3.27. The summed E-state index contributed by atoms with van der Waals surface area (Å²) in [5.74, 6) is 0.392.